The molecule has 0 amide bonds. The maximum absolute atomic E-state index is 11.3. The molecule has 0 aliphatic carbocycles. The maximum Gasteiger partial charge on any atom is 0.345 e. The zero-order valence-corrected chi connectivity index (χ0v) is 9.54. The van der Waals surface area contributed by atoms with Gasteiger partial charge in [-0.15, -0.1) is 0 Å². The smallest absolute Gasteiger partial charge is 0.345 e. The fraction of sp³-hybridized carbons (Fsp3) is 0. The van der Waals surface area contributed by atoms with Gasteiger partial charge < -0.3 is 15.1 Å². The van der Waals surface area contributed by atoms with E-state index in [1.165, 1.54) is 0 Å². The fourth-order valence-electron chi connectivity index (χ4n) is 1.88. The van der Waals surface area contributed by atoms with Gasteiger partial charge in [-0.2, -0.15) is 0 Å². The lowest BCUT2D eigenvalue weighted by atomic mass is 10.1. The van der Waals surface area contributed by atoms with Crippen molar-refractivity contribution in [3.05, 3.63) is 46.8 Å². The van der Waals surface area contributed by atoms with E-state index in [4.69, 9.17) is 5.11 Å². The van der Waals surface area contributed by atoms with E-state index in [1.807, 2.05) is 0 Å². The van der Waals surface area contributed by atoms with Gasteiger partial charge in [-0.1, -0.05) is 6.07 Å². The van der Waals surface area contributed by atoms with E-state index in [2.05, 4.69) is 19.9 Å². The van der Waals surface area contributed by atoms with Crippen LogP contribution in [-0.4, -0.2) is 31.0 Å². The summed E-state index contributed by atoms with van der Waals surface area (Å²) in [5, 5.41) is 9.11. The van der Waals surface area contributed by atoms with Crippen LogP contribution in [0.4, 0.5) is 0 Å². The lowest BCUT2D eigenvalue weighted by Crippen LogP contribution is -2.14. The second-order valence-corrected chi connectivity index (χ2v) is 3.92. The second kappa shape index (κ2) is 4.05. The van der Waals surface area contributed by atoms with Gasteiger partial charge in [0.25, 0.3) is 0 Å². The molecule has 0 spiro atoms. The molecule has 0 atom stereocenters. The summed E-state index contributed by atoms with van der Waals surface area (Å²) in [6.45, 7) is 0. The van der Waals surface area contributed by atoms with Gasteiger partial charge in [0.15, 0.2) is 0 Å². The number of fused-ring (bicyclic) bond motifs is 1. The van der Waals surface area contributed by atoms with Crippen LogP contribution in [0.1, 0.15) is 10.4 Å². The Kier molecular flexibility index (Phi) is 2.38. The number of carbonyl (C=O) groups is 1. The van der Waals surface area contributed by atoms with Crippen molar-refractivity contribution < 1.29 is 9.90 Å². The van der Waals surface area contributed by atoms with Crippen LogP contribution in [0.15, 0.2) is 35.5 Å². The maximum atomic E-state index is 11.3. The topological polar surface area (TPSA) is 112 Å². The van der Waals surface area contributed by atoms with Crippen molar-refractivity contribution in [3.8, 4) is 11.3 Å². The molecule has 0 radical (unpaired) electrons. The molecular weight excluding hydrogens is 248 g/mol. The molecule has 94 valence electrons. The highest BCUT2D eigenvalue weighted by atomic mass is 16.4. The Balaban J connectivity index is 2.27. The molecule has 3 aromatic rings. The lowest BCUT2D eigenvalue weighted by molar-refractivity contribution is 0.0697. The molecule has 19 heavy (non-hydrogen) atoms. The van der Waals surface area contributed by atoms with E-state index in [9.17, 15) is 9.59 Å². The van der Waals surface area contributed by atoms with Crippen LogP contribution in [-0.2, 0) is 0 Å². The van der Waals surface area contributed by atoms with E-state index in [0.29, 0.717) is 5.56 Å². The van der Waals surface area contributed by atoms with Crippen molar-refractivity contribution in [2.24, 2.45) is 0 Å². The number of rotatable bonds is 2. The first kappa shape index (κ1) is 11.1. The number of aromatic nitrogens is 4. The zero-order chi connectivity index (χ0) is 13.4. The fourth-order valence-corrected chi connectivity index (χ4v) is 1.88. The van der Waals surface area contributed by atoms with Gasteiger partial charge in [-0.05, 0) is 12.1 Å². The average molecular weight is 256 g/mol. The van der Waals surface area contributed by atoms with Crippen molar-refractivity contribution in [1.29, 1.82) is 0 Å². The summed E-state index contributed by atoms with van der Waals surface area (Å²) >= 11 is 0. The number of H-pyrrole nitrogens is 2. The van der Waals surface area contributed by atoms with Crippen LogP contribution >= 0.6 is 0 Å². The molecule has 0 aliphatic rings. The second-order valence-electron chi connectivity index (χ2n) is 3.92. The lowest BCUT2D eigenvalue weighted by Gasteiger charge is -2.05. The van der Waals surface area contributed by atoms with Gasteiger partial charge in [0.2, 0.25) is 0 Å². The number of hydrogen-bond acceptors (Lipinski definition) is 4. The highest BCUT2D eigenvalue weighted by Crippen LogP contribution is 2.23. The standard InChI is InChI=1S/C12H8N4O3/c17-11(18)7-4-13-12(19)16-10(7)6-1-2-8-9(3-6)15-5-14-8/h1-5H,(H,14,15)(H,17,18)(H,13,16,19). The number of nitrogens with zero attached hydrogens (tertiary/aromatic N) is 2. The Morgan fingerprint density at radius 1 is 1.26 bits per heavy atom. The number of aromatic carboxylic acids is 1. The van der Waals surface area contributed by atoms with E-state index >= 15 is 0 Å². The summed E-state index contributed by atoms with van der Waals surface area (Å²) in [6.07, 6.45) is 2.59. The normalized spacial score (nSPS) is 10.7. The average Bonchev–Trinajstić information content (AvgIpc) is 2.85. The van der Waals surface area contributed by atoms with Crippen LogP contribution in [0.3, 0.4) is 0 Å². The van der Waals surface area contributed by atoms with Crippen LogP contribution < -0.4 is 5.69 Å². The highest BCUT2D eigenvalue weighted by Gasteiger charge is 2.14. The quantitative estimate of drug-likeness (QED) is 0.633. The zero-order valence-electron chi connectivity index (χ0n) is 9.54. The van der Waals surface area contributed by atoms with Crippen LogP contribution in [0, 0.1) is 0 Å². The molecule has 2 heterocycles. The molecule has 0 unspecified atom stereocenters. The van der Waals surface area contributed by atoms with E-state index in [-0.39, 0.29) is 11.3 Å². The van der Waals surface area contributed by atoms with E-state index in [1.54, 1.807) is 24.5 Å². The molecule has 0 saturated heterocycles. The van der Waals surface area contributed by atoms with Crippen LogP contribution in [0.5, 0.6) is 0 Å². The third-order valence-electron chi connectivity index (χ3n) is 2.75. The number of carboxylic acids is 1. The van der Waals surface area contributed by atoms with Crippen LogP contribution in [0.2, 0.25) is 0 Å². The minimum Gasteiger partial charge on any atom is -0.478 e. The van der Waals surface area contributed by atoms with Gasteiger partial charge in [-0.25, -0.2) is 19.6 Å². The highest BCUT2D eigenvalue weighted by molar-refractivity contribution is 5.95. The number of carboxylic acid groups (broad SMARTS) is 1. The Morgan fingerprint density at radius 2 is 2.11 bits per heavy atom. The van der Waals surface area contributed by atoms with Crippen molar-refractivity contribution >= 4 is 17.0 Å². The molecule has 7 nitrogen and oxygen atoms in total. The minimum atomic E-state index is -1.15. The van der Waals surface area contributed by atoms with Gasteiger partial charge in [0.1, 0.15) is 5.56 Å². The Hall–Kier alpha value is -2.96. The van der Waals surface area contributed by atoms with Gasteiger partial charge in [0.05, 0.1) is 23.1 Å². The molecule has 0 saturated carbocycles. The third kappa shape index (κ3) is 1.86. The summed E-state index contributed by atoms with van der Waals surface area (Å²) in [4.78, 5) is 35.3. The Bertz CT molecular complexity index is 834. The van der Waals surface area contributed by atoms with Crippen molar-refractivity contribution in [1.82, 2.24) is 19.9 Å². The molecule has 0 bridgehead atoms. The molecule has 1 aromatic carbocycles. The number of benzene rings is 1. The molecule has 7 heteroatoms. The van der Waals surface area contributed by atoms with E-state index in [0.717, 1.165) is 17.2 Å². The van der Waals surface area contributed by atoms with Gasteiger partial charge >= 0.3 is 11.7 Å². The molecular formula is C12H8N4O3. The van der Waals surface area contributed by atoms with Crippen molar-refractivity contribution in [2.75, 3.05) is 0 Å². The summed E-state index contributed by atoms with van der Waals surface area (Å²) in [7, 11) is 0. The first-order chi connectivity index (χ1) is 9.15. The van der Waals surface area contributed by atoms with Crippen molar-refractivity contribution in [2.45, 2.75) is 0 Å². The molecule has 2 aromatic heterocycles. The minimum absolute atomic E-state index is 0.0570. The SMILES string of the molecule is O=C(O)c1cnc(=O)[nH]c1-c1ccc2nc[nH]c2c1. The van der Waals surface area contributed by atoms with Crippen molar-refractivity contribution in [3.63, 3.8) is 0 Å². The summed E-state index contributed by atoms with van der Waals surface area (Å²) in [5.41, 5.74) is 1.67. The van der Waals surface area contributed by atoms with Gasteiger partial charge in [0, 0.05) is 11.8 Å². The summed E-state index contributed by atoms with van der Waals surface area (Å²) < 4.78 is 0. The largest absolute Gasteiger partial charge is 0.478 e. The van der Waals surface area contributed by atoms with Crippen LogP contribution in [0.25, 0.3) is 22.3 Å². The Labute approximate surface area is 106 Å². The Morgan fingerprint density at radius 3 is 2.89 bits per heavy atom. The third-order valence-corrected chi connectivity index (χ3v) is 2.75. The monoisotopic (exact) mass is 256 g/mol. The number of nitrogens with one attached hydrogen (secondary N) is 2. The summed E-state index contributed by atoms with van der Waals surface area (Å²) in [6, 6.07) is 5.16. The molecule has 0 aliphatic heterocycles. The summed E-state index contributed by atoms with van der Waals surface area (Å²) in [5.74, 6) is -1.15. The van der Waals surface area contributed by atoms with Gasteiger partial charge in [-0.3, -0.25) is 0 Å². The number of hydrogen-bond donors (Lipinski definition) is 3. The predicted octanol–water partition coefficient (Wildman–Crippen LogP) is 1.01. The molecule has 3 N–H and O–H groups in total. The molecule has 3 rings (SSSR count). The first-order valence-corrected chi connectivity index (χ1v) is 5.41. The van der Waals surface area contributed by atoms with E-state index < -0.39 is 11.7 Å². The predicted molar refractivity (Wildman–Crippen MR) is 66.9 cm³/mol. The number of aromatic amines is 2. The first-order valence-electron chi connectivity index (χ1n) is 5.41. The molecule has 0 fully saturated rings. The number of imidazole rings is 1.